The lowest BCUT2D eigenvalue weighted by molar-refractivity contribution is -0.136. The number of alkyl halides is 3. The molecule has 0 saturated carbocycles. The molecule has 0 aromatic heterocycles. The Morgan fingerprint density at radius 3 is 2.26 bits per heavy atom. The maximum Gasteiger partial charge on any atom is 0.454 e. The molecule has 3 aromatic carbocycles. The third-order valence-electron chi connectivity index (χ3n) is 5.87. The highest BCUT2D eigenvalue weighted by Crippen LogP contribution is 2.35. The molecule has 0 spiro atoms. The molecule has 0 heterocycles. The summed E-state index contributed by atoms with van der Waals surface area (Å²) in [6.07, 6.45) is -1.31. The minimum Gasteiger partial charge on any atom is -0.494 e. The Morgan fingerprint density at radius 1 is 0.872 bits per heavy atom. The molecule has 9 heteroatoms. The lowest BCUT2D eigenvalue weighted by Crippen LogP contribution is -2.23. The summed E-state index contributed by atoms with van der Waals surface area (Å²) in [5, 5.41) is 9.20. The van der Waals surface area contributed by atoms with Crippen LogP contribution in [0.5, 0.6) is 5.75 Å². The van der Waals surface area contributed by atoms with Crippen LogP contribution in [-0.2, 0) is 11.2 Å². The van der Waals surface area contributed by atoms with Crippen LogP contribution >= 0.6 is 23.5 Å². The minimum atomic E-state index is -4.90. The summed E-state index contributed by atoms with van der Waals surface area (Å²) in [4.78, 5) is 22.9. The number of hydrogen-bond acceptors (Lipinski definition) is 5. The first-order valence-corrected chi connectivity index (χ1v) is 14.7. The number of Topliss-reactive ketones (excluding diaryl/α,β-unsaturated/α-hetero) is 1. The summed E-state index contributed by atoms with van der Waals surface area (Å²) >= 11 is 2.86. The molecule has 0 radical (unpaired) electrons. The molecule has 0 aliphatic heterocycles. The lowest BCUT2D eigenvalue weighted by atomic mass is 10.0. The van der Waals surface area contributed by atoms with E-state index in [1.165, 1.54) is 35.5 Å². The second-order valence-corrected chi connectivity index (χ2v) is 11.3. The number of aliphatic carboxylic acids is 1. The zero-order valence-electron chi connectivity index (χ0n) is 21.4. The highest BCUT2D eigenvalue weighted by Gasteiger charge is 2.40. The molecule has 0 saturated heterocycles. The van der Waals surface area contributed by atoms with E-state index in [-0.39, 0.29) is 17.2 Å². The van der Waals surface area contributed by atoms with Crippen molar-refractivity contribution >= 4 is 35.3 Å². The van der Waals surface area contributed by atoms with Crippen molar-refractivity contribution in [2.24, 2.45) is 0 Å². The number of aryl methyl sites for hydroxylation is 1. The third-order valence-corrected chi connectivity index (χ3v) is 8.38. The molecule has 39 heavy (non-hydrogen) atoms. The predicted octanol–water partition coefficient (Wildman–Crippen LogP) is 8.26. The number of rotatable bonds is 16. The Kier molecular flexibility index (Phi) is 12.3. The standard InChI is InChI=1S/C30H31F3O4S2/c31-30(32,33)29(36)25-11-4-5-12-27(25)38-20-7-19-37-24-16-14-23(15-17-24)26(39-21-18-28(34)35)13-6-10-22-8-2-1-3-9-22/h1-5,8-9,11-12,14-17,26H,6-7,10,13,18-21H2,(H,34,35). The van der Waals surface area contributed by atoms with Gasteiger partial charge in [0.2, 0.25) is 0 Å². The predicted molar refractivity (Wildman–Crippen MR) is 151 cm³/mol. The van der Waals surface area contributed by atoms with Crippen LogP contribution in [0.3, 0.4) is 0 Å². The van der Waals surface area contributed by atoms with Crippen molar-refractivity contribution in [3.8, 4) is 5.75 Å². The first-order chi connectivity index (χ1) is 18.7. The molecule has 0 bridgehead atoms. The third kappa shape index (κ3) is 10.6. The summed E-state index contributed by atoms with van der Waals surface area (Å²) in [7, 11) is 0. The van der Waals surface area contributed by atoms with Crippen molar-refractivity contribution in [2.75, 3.05) is 18.1 Å². The minimum absolute atomic E-state index is 0.119. The fraction of sp³-hybridized carbons (Fsp3) is 0.333. The van der Waals surface area contributed by atoms with Gasteiger partial charge in [0.15, 0.2) is 0 Å². The van der Waals surface area contributed by atoms with Gasteiger partial charge in [0, 0.05) is 27.2 Å². The van der Waals surface area contributed by atoms with Gasteiger partial charge < -0.3 is 9.84 Å². The van der Waals surface area contributed by atoms with Crippen LogP contribution in [0.1, 0.15) is 52.4 Å². The number of carboxylic acid groups (broad SMARTS) is 1. The molecular weight excluding hydrogens is 545 g/mol. The van der Waals surface area contributed by atoms with Gasteiger partial charge in [-0.25, -0.2) is 0 Å². The van der Waals surface area contributed by atoms with Gasteiger partial charge in [-0.1, -0.05) is 54.6 Å². The van der Waals surface area contributed by atoms with E-state index in [9.17, 15) is 22.8 Å². The zero-order valence-corrected chi connectivity index (χ0v) is 23.0. The van der Waals surface area contributed by atoms with E-state index in [0.717, 1.165) is 24.8 Å². The van der Waals surface area contributed by atoms with Crippen LogP contribution in [0.2, 0.25) is 0 Å². The number of halogens is 3. The second-order valence-electron chi connectivity index (χ2n) is 8.82. The van der Waals surface area contributed by atoms with Crippen LogP contribution < -0.4 is 4.74 Å². The van der Waals surface area contributed by atoms with E-state index in [2.05, 4.69) is 12.1 Å². The average molecular weight is 577 g/mol. The van der Waals surface area contributed by atoms with Crippen molar-refractivity contribution in [3.63, 3.8) is 0 Å². The SMILES string of the molecule is O=C(O)CCSC(CCCc1ccccc1)c1ccc(OCCCSc2ccccc2C(=O)C(F)(F)F)cc1. The maximum absolute atomic E-state index is 12.8. The largest absolute Gasteiger partial charge is 0.494 e. The Bertz CT molecular complexity index is 1180. The summed E-state index contributed by atoms with van der Waals surface area (Å²) < 4.78 is 44.4. The van der Waals surface area contributed by atoms with E-state index in [0.29, 0.717) is 35.2 Å². The molecule has 0 aliphatic carbocycles. The fourth-order valence-corrected chi connectivity index (χ4v) is 6.15. The average Bonchev–Trinajstić information content (AvgIpc) is 2.92. The normalized spacial score (nSPS) is 12.2. The molecule has 1 N–H and O–H groups in total. The Labute approximate surface area is 235 Å². The van der Waals surface area contributed by atoms with Crippen molar-refractivity contribution < 1.29 is 32.6 Å². The Morgan fingerprint density at radius 2 is 1.56 bits per heavy atom. The van der Waals surface area contributed by atoms with Gasteiger partial charge in [0.05, 0.1) is 13.0 Å². The first-order valence-electron chi connectivity index (χ1n) is 12.7. The maximum atomic E-state index is 12.8. The Hall–Kier alpha value is -2.91. The van der Waals surface area contributed by atoms with E-state index < -0.39 is 17.9 Å². The summed E-state index contributed by atoms with van der Waals surface area (Å²) in [6.45, 7) is 0.385. The number of ketones is 1. The molecule has 1 atom stereocenters. The highest BCUT2D eigenvalue weighted by molar-refractivity contribution is 7.99. The van der Waals surface area contributed by atoms with Crippen molar-refractivity contribution in [1.29, 1.82) is 0 Å². The summed E-state index contributed by atoms with van der Waals surface area (Å²) in [5.74, 6) is -0.901. The van der Waals surface area contributed by atoms with Gasteiger partial charge in [-0.15, -0.1) is 11.8 Å². The number of carbonyl (C=O) groups is 2. The van der Waals surface area contributed by atoms with Gasteiger partial charge >= 0.3 is 12.1 Å². The fourth-order valence-electron chi connectivity index (χ4n) is 3.91. The van der Waals surface area contributed by atoms with Gasteiger partial charge in [0.25, 0.3) is 5.78 Å². The van der Waals surface area contributed by atoms with Crippen molar-refractivity contribution in [3.05, 3.63) is 95.6 Å². The number of thioether (sulfide) groups is 2. The second kappa shape index (κ2) is 15.6. The molecule has 0 amide bonds. The summed E-state index contributed by atoms with van der Waals surface area (Å²) in [6, 6.07) is 23.8. The molecule has 0 fully saturated rings. The van der Waals surface area contributed by atoms with Gasteiger partial charge in [0.1, 0.15) is 5.75 Å². The number of carbonyl (C=O) groups excluding carboxylic acids is 1. The van der Waals surface area contributed by atoms with Gasteiger partial charge in [-0.2, -0.15) is 24.9 Å². The molecule has 3 rings (SSSR count). The van der Waals surface area contributed by atoms with Crippen LogP contribution in [0.4, 0.5) is 13.2 Å². The van der Waals surface area contributed by atoms with Crippen LogP contribution in [-0.4, -0.2) is 41.1 Å². The van der Waals surface area contributed by atoms with Crippen LogP contribution in [0.15, 0.2) is 83.8 Å². The molecule has 0 aliphatic rings. The first kappa shape index (κ1) is 30.6. The van der Waals surface area contributed by atoms with E-state index in [4.69, 9.17) is 9.84 Å². The topological polar surface area (TPSA) is 63.6 Å². The van der Waals surface area contributed by atoms with E-state index in [1.807, 2.05) is 42.5 Å². The number of benzene rings is 3. The molecule has 1 unspecified atom stereocenters. The molecular formula is C30H31F3O4S2. The zero-order chi connectivity index (χ0) is 28.1. The molecule has 208 valence electrons. The Balaban J connectivity index is 1.48. The van der Waals surface area contributed by atoms with Gasteiger partial charge in [-0.3, -0.25) is 9.59 Å². The number of ether oxygens (including phenoxy) is 1. The quantitative estimate of drug-likeness (QED) is 0.105. The van der Waals surface area contributed by atoms with E-state index in [1.54, 1.807) is 17.8 Å². The summed E-state index contributed by atoms with van der Waals surface area (Å²) in [5.41, 5.74) is 2.07. The van der Waals surface area contributed by atoms with Crippen molar-refractivity contribution in [2.45, 2.75) is 48.4 Å². The molecule has 4 nitrogen and oxygen atoms in total. The number of hydrogen-bond donors (Lipinski definition) is 1. The lowest BCUT2D eigenvalue weighted by Gasteiger charge is -2.17. The van der Waals surface area contributed by atoms with Crippen LogP contribution in [0.25, 0.3) is 0 Å². The highest BCUT2D eigenvalue weighted by atomic mass is 32.2. The monoisotopic (exact) mass is 576 g/mol. The van der Waals surface area contributed by atoms with Crippen LogP contribution in [0, 0.1) is 0 Å². The smallest absolute Gasteiger partial charge is 0.454 e. The van der Waals surface area contributed by atoms with Gasteiger partial charge in [-0.05, 0) is 61.1 Å². The molecule has 3 aromatic rings. The van der Waals surface area contributed by atoms with E-state index >= 15 is 0 Å². The number of carboxylic acids is 1. The van der Waals surface area contributed by atoms with Crippen molar-refractivity contribution in [1.82, 2.24) is 0 Å².